The Morgan fingerprint density at radius 2 is 2.24 bits per heavy atom. The standard InChI is InChI=1S/C11H16N4O2/c1-6-8(10(13)16)9(12)15-11(14-6)7-3-2-4-17-5-7/h7H,2-5H2,1H3,(H2,13,16)(H2,12,14,15). The number of amides is 1. The molecule has 1 aromatic rings. The summed E-state index contributed by atoms with van der Waals surface area (Å²) in [6.07, 6.45) is 1.97. The molecule has 2 rings (SSSR count). The second-order valence-corrected chi connectivity index (χ2v) is 4.21. The third-order valence-corrected chi connectivity index (χ3v) is 2.91. The summed E-state index contributed by atoms with van der Waals surface area (Å²) in [4.78, 5) is 19.6. The summed E-state index contributed by atoms with van der Waals surface area (Å²) >= 11 is 0. The van der Waals surface area contributed by atoms with Crippen molar-refractivity contribution in [3.63, 3.8) is 0 Å². The molecule has 6 nitrogen and oxygen atoms in total. The number of ether oxygens (including phenoxy) is 1. The molecule has 1 atom stereocenters. The van der Waals surface area contributed by atoms with Gasteiger partial charge >= 0.3 is 0 Å². The number of aromatic nitrogens is 2. The van der Waals surface area contributed by atoms with Crippen LogP contribution in [0.1, 0.15) is 40.6 Å². The van der Waals surface area contributed by atoms with Gasteiger partial charge in [-0.1, -0.05) is 0 Å². The number of aryl methyl sites for hydroxylation is 1. The van der Waals surface area contributed by atoms with Crippen molar-refractivity contribution in [2.45, 2.75) is 25.7 Å². The van der Waals surface area contributed by atoms with Crippen LogP contribution in [0.4, 0.5) is 5.82 Å². The molecule has 92 valence electrons. The van der Waals surface area contributed by atoms with Crippen LogP contribution < -0.4 is 11.5 Å². The van der Waals surface area contributed by atoms with Gasteiger partial charge in [-0.25, -0.2) is 9.97 Å². The zero-order valence-corrected chi connectivity index (χ0v) is 9.77. The Balaban J connectivity index is 2.34. The van der Waals surface area contributed by atoms with Crippen LogP contribution in [-0.2, 0) is 4.74 Å². The fourth-order valence-electron chi connectivity index (χ4n) is 2.05. The maximum absolute atomic E-state index is 11.2. The van der Waals surface area contributed by atoms with E-state index in [1.165, 1.54) is 0 Å². The van der Waals surface area contributed by atoms with Crippen LogP contribution in [0.25, 0.3) is 0 Å². The molecule has 4 N–H and O–H groups in total. The first-order valence-corrected chi connectivity index (χ1v) is 5.61. The van der Waals surface area contributed by atoms with E-state index in [1.54, 1.807) is 6.92 Å². The Morgan fingerprint density at radius 1 is 1.47 bits per heavy atom. The molecule has 1 aliphatic heterocycles. The van der Waals surface area contributed by atoms with E-state index in [1.807, 2.05) is 0 Å². The number of hydrogen-bond acceptors (Lipinski definition) is 5. The first-order valence-electron chi connectivity index (χ1n) is 5.61. The summed E-state index contributed by atoms with van der Waals surface area (Å²) < 4.78 is 5.38. The molecule has 0 radical (unpaired) electrons. The van der Waals surface area contributed by atoms with E-state index in [0.29, 0.717) is 18.1 Å². The van der Waals surface area contributed by atoms with Gasteiger partial charge in [0, 0.05) is 12.5 Å². The Labute approximate surface area is 99.4 Å². The highest BCUT2D eigenvalue weighted by atomic mass is 16.5. The average Bonchev–Trinajstić information content (AvgIpc) is 2.28. The number of rotatable bonds is 2. The van der Waals surface area contributed by atoms with Crippen molar-refractivity contribution in [3.05, 3.63) is 17.1 Å². The van der Waals surface area contributed by atoms with E-state index in [9.17, 15) is 4.79 Å². The molecule has 1 unspecified atom stereocenters. The third-order valence-electron chi connectivity index (χ3n) is 2.91. The monoisotopic (exact) mass is 236 g/mol. The van der Waals surface area contributed by atoms with Crippen molar-refractivity contribution in [2.75, 3.05) is 18.9 Å². The lowest BCUT2D eigenvalue weighted by Gasteiger charge is -2.21. The number of hydrogen-bond donors (Lipinski definition) is 2. The van der Waals surface area contributed by atoms with Crippen molar-refractivity contribution in [3.8, 4) is 0 Å². The number of primary amides is 1. The van der Waals surface area contributed by atoms with Gasteiger partial charge in [-0.3, -0.25) is 4.79 Å². The van der Waals surface area contributed by atoms with Gasteiger partial charge in [-0.2, -0.15) is 0 Å². The Hall–Kier alpha value is -1.69. The van der Waals surface area contributed by atoms with Crippen LogP contribution in [-0.4, -0.2) is 29.1 Å². The molecular weight excluding hydrogens is 220 g/mol. The molecule has 0 aliphatic carbocycles. The Kier molecular flexibility index (Phi) is 3.23. The summed E-state index contributed by atoms with van der Waals surface area (Å²) in [6.45, 7) is 3.10. The molecule has 0 spiro atoms. The quantitative estimate of drug-likeness (QED) is 0.771. The first-order chi connectivity index (χ1) is 8.09. The second kappa shape index (κ2) is 4.67. The lowest BCUT2D eigenvalue weighted by atomic mass is 10.0. The molecule has 0 aromatic carbocycles. The Bertz CT molecular complexity index is 418. The lowest BCUT2D eigenvalue weighted by Crippen LogP contribution is -2.22. The minimum absolute atomic E-state index is 0.158. The van der Waals surface area contributed by atoms with Gasteiger partial charge in [0.2, 0.25) is 0 Å². The molecule has 2 heterocycles. The van der Waals surface area contributed by atoms with Crippen molar-refractivity contribution >= 4 is 11.7 Å². The molecule has 6 heteroatoms. The number of nitrogens with zero attached hydrogens (tertiary/aromatic N) is 2. The number of carbonyl (C=O) groups excluding carboxylic acids is 1. The fraction of sp³-hybridized carbons (Fsp3) is 0.545. The van der Waals surface area contributed by atoms with Gasteiger partial charge in [0.25, 0.3) is 5.91 Å². The van der Waals surface area contributed by atoms with E-state index < -0.39 is 5.91 Å². The average molecular weight is 236 g/mol. The van der Waals surface area contributed by atoms with Crippen molar-refractivity contribution in [2.24, 2.45) is 5.73 Å². The number of nitrogens with two attached hydrogens (primary N) is 2. The fourth-order valence-corrected chi connectivity index (χ4v) is 2.05. The molecule has 0 saturated carbocycles. The predicted octanol–water partition coefficient (Wildman–Crippen LogP) is 0.360. The molecule has 1 aromatic heterocycles. The van der Waals surface area contributed by atoms with Crippen LogP contribution in [0.3, 0.4) is 0 Å². The van der Waals surface area contributed by atoms with E-state index >= 15 is 0 Å². The van der Waals surface area contributed by atoms with Crippen molar-refractivity contribution < 1.29 is 9.53 Å². The zero-order valence-electron chi connectivity index (χ0n) is 9.77. The molecule has 1 saturated heterocycles. The van der Waals surface area contributed by atoms with Crippen LogP contribution in [0.5, 0.6) is 0 Å². The van der Waals surface area contributed by atoms with E-state index in [-0.39, 0.29) is 17.3 Å². The molecular formula is C11H16N4O2. The minimum Gasteiger partial charge on any atom is -0.383 e. The van der Waals surface area contributed by atoms with Gasteiger partial charge in [0.1, 0.15) is 17.2 Å². The highest BCUT2D eigenvalue weighted by molar-refractivity contribution is 5.98. The normalized spacial score (nSPS) is 20.2. The van der Waals surface area contributed by atoms with Crippen LogP contribution in [0, 0.1) is 6.92 Å². The molecule has 0 bridgehead atoms. The lowest BCUT2D eigenvalue weighted by molar-refractivity contribution is 0.0780. The smallest absolute Gasteiger partial charge is 0.254 e. The topological polar surface area (TPSA) is 104 Å². The van der Waals surface area contributed by atoms with Crippen molar-refractivity contribution in [1.82, 2.24) is 9.97 Å². The summed E-state index contributed by atoms with van der Waals surface area (Å²) in [5.74, 6) is 0.369. The number of carbonyl (C=O) groups is 1. The van der Waals surface area contributed by atoms with Gasteiger partial charge in [0.15, 0.2) is 0 Å². The second-order valence-electron chi connectivity index (χ2n) is 4.21. The minimum atomic E-state index is -0.591. The van der Waals surface area contributed by atoms with Crippen LogP contribution in [0.15, 0.2) is 0 Å². The van der Waals surface area contributed by atoms with Gasteiger partial charge < -0.3 is 16.2 Å². The summed E-state index contributed by atoms with van der Waals surface area (Å²) in [5, 5.41) is 0. The third kappa shape index (κ3) is 2.36. The van der Waals surface area contributed by atoms with E-state index in [0.717, 1.165) is 19.4 Å². The maximum Gasteiger partial charge on any atom is 0.254 e. The maximum atomic E-state index is 11.2. The van der Waals surface area contributed by atoms with Crippen molar-refractivity contribution in [1.29, 1.82) is 0 Å². The summed E-state index contributed by atoms with van der Waals surface area (Å²) in [5.41, 5.74) is 11.7. The van der Waals surface area contributed by atoms with Gasteiger partial charge in [-0.05, 0) is 19.8 Å². The molecule has 1 amide bonds. The SMILES string of the molecule is Cc1nc(C2CCCOC2)nc(N)c1C(N)=O. The predicted molar refractivity (Wildman–Crippen MR) is 62.5 cm³/mol. The molecule has 17 heavy (non-hydrogen) atoms. The Morgan fingerprint density at radius 3 is 2.76 bits per heavy atom. The van der Waals surface area contributed by atoms with Crippen LogP contribution in [0.2, 0.25) is 0 Å². The highest BCUT2D eigenvalue weighted by Crippen LogP contribution is 2.24. The summed E-state index contributed by atoms with van der Waals surface area (Å²) in [6, 6.07) is 0. The molecule has 1 fully saturated rings. The first kappa shape index (κ1) is 11.8. The van der Waals surface area contributed by atoms with Gasteiger partial charge in [-0.15, -0.1) is 0 Å². The molecule has 1 aliphatic rings. The highest BCUT2D eigenvalue weighted by Gasteiger charge is 2.22. The largest absolute Gasteiger partial charge is 0.383 e. The van der Waals surface area contributed by atoms with E-state index in [2.05, 4.69) is 9.97 Å². The van der Waals surface area contributed by atoms with Gasteiger partial charge in [0.05, 0.1) is 12.3 Å². The number of anilines is 1. The summed E-state index contributed by atoms with van der Waals surface area (Å²) in [7, 11) is 0. The number of nitrogen functional groups attached to an aromatic ring is 1. The van der Waals surface area contributed by atoms with Crippen LogP contribution >= 0.6 is 0 Å². The van der Waals surface area contributed by atoms with E-state index in [4.69, 9.17) is 16.2 Å². The zero-order chi connectivity index (χ0) is 12.4.